The van der Waals surface area contributed by atoms with Crippen molar-refractivity contribution >= 4 is 28.3 Å². The van der Waals surface area contributed by atoms with E-state index in [1.54, 1.807) is 11.3 Å². The number of para-hydroxylation sites is 2. The third kappa shape index (κ3) is 4.82. The van der Waals surface area contributed by atoms with E-state index >= 15 is 0 Å². The van der Waals surface area contributed by atoms with E-state index in [1.807, 2.05) is 32.0 Å². The highest BCUT2D eigenvalue weighted by Gasteiger charge is 2.05. The summed E-state index contributed by atoms with van der Waals surface area (Å²) in [4.78, 5) is 18.4. The van der Waals surface area contributed by atoms with Gasteiger partial charge in [0.2, 0.25) is 0 Å². The summed E-state index contributed by atoms with van der Waals surface area (Å²) in [7, 11) is 0. The lowest BCUT2D eigenvalue weighted by molar-refractivity contribution is 0.727. The molecule has 0 saturated carbocycles. The summed E-state index contributed by atoms with van der Waals surface area (Å²) in [6.45, 7) is 8.51. The Morgan fingerprint density at radius 1 is 1.19 bits per heavy atom. The standard InChI is InChI=1S/C19H26N6S/c1-4-20-19(22-12-17-13(2)23-14(3)26-17)21-11-7-10-18-24-15-8-5-6-9-16(15)25-18/h5-6,8-9H,4,7,10-12H2,1-3H3,(H,24,25)(H2,20,21,22). The predicted molar refractivity (Wildman–Crippen MR) is 109 cm³/mol. The lowest BCUT2D eigenvalue weighted by Crippen LogP contribution is -2.37. The number of hydrogen-bond donors (Lipinski definition) is 3. The van der Waals surface area contributed by atoms with Crippen LogP contribution in [0.2, 0.25) is 0 Å². The molecule has 0 saturated heterocycles. The van der Waals surface area contributed by atoms with Gasteiger partial charge in [0, 0.05) is 24.4 Å². The molecule has 3 rings (SSSR count). The fourth-order valence-corrected chi connectivity index (χ4v) is 3.66. The van der Waals surface area contributed by atoms with Crippen LogP contribution in [0.15, 0.2) is 29.3 Å². The summed E-state index contributed by atoms with van der Waals surface area (Å²) < 4.78 is 0. The van der Waals surface area contributed by atoms with Crippen molar-refractivity contribution in [2.75, 3.05) is 13.1 Å². The number of guanidine groups is 1. The second kappa shape index (κ2) is 8.80. The van der Waals surface area contributed by atoms with Crippen LogP contribution in [0.25, 0.3) is 11.0 Å². The monoisotopic (exact) mass is 370 g/mol. The molecule has 2 aromatic heterocycles. The number of aromatic nitrogens is 3. The number of hydrogen-bond acceptors (Lipinski definition) is 4. The van der Waals surface area contributed by atoms with Gasteiger partial charge in [-0.25, -0.2) is 15.0 Å². The molecule has 0 aliphatic carbocycles. The molecule has 7 heteroatoms. The molecule has 0 atom stereocenters. The predicted octanol–water partition coefficient (Wildman–Crippen LogP) is 3.32. The van der Waals surface area contributed by atoms with Crippen molar-refractivity contribution in [3.8, 4) is 0 Å². The molecular formula is C19H26N6S. The lowest BCUT2D eigenvalue weighted by Gasteiger charge is -2.10. The number of nitrogens with one attached hydrogen (secondary N) is 3. The van der Waals surface area contributed by atoms with Crippen molar-refractivity contribution in [3.05, 3.63) is 45.7 Å². The number of aromatic amines is 1. The second-order valence-electron chi connectivity index (χ2n) is 6.17. The van der Waals surface area contributed by atoms with Crippen molar-refractivity contribution < 1.29 is 0 Å². The van der Waals surface area contributed by atoms with Gasteiger partial charge in [-0.15, -0.1) is 11.3 Å². The Kier molecular flexibility index (Phi) is 6.22. The fraction of sp³-hybridized carbons (Fsp3) is 0.421. The molecule has 6 nitrogen and oxygen atoms in total. The number of rotatable bonds is 7. The first-order valence-corrected chi connectivity index (χ1v) is 9.86. The van der Waals surface area contributed by atoms with Crippen LogP contribution in [-0.2, 0) is 13.0 Å². The van der Waals surface area contributed by atoms with Crippen LogP contribution < -0.4 is 10.6 Å². The number of H-pyrrole nitrogens is 1. The molecule has 0 amide bonds. The Balaban J connectivity index is 1.50. The quantitative estimate of drug-likeness (QED) is 0.339. The van der Waals surface area contributed by atoms with E-state index in [2.05, 4.69) is 43.6 Å². The lowest BCUT2D eigenvalue weighted by atomic mass is 10.3. The first-order chi connectivity index (χ1) is 12.7. The van der Waals surface area contributed by atoms with E-state index in [4.69, 9.17) is 0 Å². The highest BCUT2D eigenvalue weighted by Crippen LogP contribution is 2.17. The van der Waals surface area contributed by atoms with Crippen LogP contribution in [0.1, 0.15) is 34.7 Å². The number of thiazole rings is 1. The van der Waals surface area contributed by atoms with Crippen LogP contribution in [0, 0.1) is 13.8 Å². The molecule has 0 fully saturated rings. The first kappa shape index (κ1) is 18.4. The summed E-state index contributed by atoms with van der Waals surface area (Å²) in [5.41, 5.74) is 3.21. The molecule has 0 aliphatic heterocycles. The molecule has 138 valence electrons. The van der Waals surface area contributed by atoms with Gasteiger partial charge in [-0.3, -0.25) is 0 Å². The van der Waals surface area contributed by atoms with Crippen molar-refractivity contribution in [2.24, 2.45) is 4.99 Å². The van der Waals surface area contributed by atoms with Crippen LogP contribution in [0.5, 0.6) is 0 Å². The van der Waals surface area contributed by atoms with E-state index in [0.717, 1.165) is 59.5 Å². The van der Waals surface area contributed by atoms with E-state index in [1.165, 1.54) is 4.88 Å². The Bertz CT molecular complexity index is 846. The maximum atomic E-state index is 4.68. The maximum absolute atomic E-state index is 4.68. The minimum atomic E-state index is 0.663. The molecule has 26 heavy (non-hydrogen) atoms. The molecule has 0 radical (unpaired) electrons. The largest absolute Gasteiger partial charge is 0.357 e. The zero-order valence-electron chi connectivity index (χ0n) is 15.6. The van der Waals surface area contributed by atoms with E-state index < -0.39 is 0 Å². The van der Waals surface area contributed by atoms with Crippen LogP contribution in [0.4, 0.5) is 0 Å². The normalized spacial score (nSPS) is 11.9. The second-order valence-corrected chi connectivity index (χ2v) is 7.46. The van der Waals surface area contributed by atoms with Crippen molar-refractivity contribution in [3.63, 3.8) is 0 Å². The van der Waals surface area contributed by atoms with Gasteiger partial charge >= 0.3 is 0 Å². The van der Waals surface area contributed by atoms with Crippen LogP contribution in [0.3, 0.4) is 0 Å². The summed E-state index contributed by atoms with van der Waals surface area (Å²) >= 11 is 1.72. The Morgan fingerprint density at radius 2 is 2.04 bits per heavy atom. The van der Waals surface area contributed by atoms with Gasteiger partial charge in [-0.1, -0.05) is 12.1 Å². The highest BCUT2D eigenvalue weighted by molar-refractivity contribution is 7.11. The maximum Gasteiger partial charge on any atom is 0.191 e. The summed E-state index contributed by atoms with van der Waals surface area (Å²) in [5.74, 6) is 1.88. The van der Waals surface area contributed by atoms with Crippen LogP contribution in [-0.4, -0.2) is 34.0 Å². The Hall–Kier alpha value is -2.41. The van der Waals surface area contributed by atoms with Crippen LogP contribution >= 0.6 is 11.3 Å². The third-order valence-electron chi connectivity index (χ3n) is 4.05. The molecule has 3 aromatic rings. The van der Waals surface area contributed by atoms with Crippen molar-refractivity contribution in [2.45, 2.75) is 40.2 Å². The van der Waals surface area contributed by atoms with E-state index in [9.17, 15) is 0 Å². The minimum Gasteiger partial charge on any atom is -0.357 e. The van der Waals surface area contributed by atoms with Crippen molar-refractivity contribution in [1.82, 2.24) is 25.6 Å². The summed E-state index contributed by atoms with van der Waals surface area (Å²) in [6.07, 6.45) is 1.90. The van der Waals surface area contributed by atoms with E-state index in [0.29, 0.717) is 6.54 Å². The van der Waals surface area contributed by atoms with Gasteiger partial charge in [-0.05, 0) is 39.3 Å². The smallest absolute Gasteiger partial charge is 0.191 e. The Morgan fingerprint density at radius 3 is 2.77 bits per heavy atom. The zero-order valence-corrected chi connectivity index (χ0v) is 16.4. The number of imidazole rings is 1. The first-order valence-electron chi connectivity index (χ1n) is 9.04. The number of aliphatic imine (C=N–C) groups is 1. The molecule has 0 aliphatic rings. The number of benzene rings is 1. The Labute approximate surface area is 158 Å². The molecule has 2 heterocycles. The van der Waals surface area contributed by atoms with Gasteiger partial charge in [0.1, 0.15) is 5.82 Å². The SMILES string of the molecule is CCNC(=NCc1sc(C)nc1C)NCCCc1nc2ccccc2[nH]1. The number of fused-ring (bicyclic) bond motifs is 1. The highest BCUT2D eigenvalue weighted by atomic mass is 32.1. The van der Waals surface area contributed by atoms with Crippen molar-refractivity contribution in [1.29, 1.82) is 0 Å². The summed E-state index contributed by atoms with van der Waals surface area (Å²) in [5, 5.41) is 7.80. The molecule has 3 N–H and O–H groups in total. The zero-order chi connectivity index (χ0) is 18.4. The molecular weight excluding hydrogens is 344 g/mol. The number of aryl methyl sites for hydroxylation is 3. The molecule has 0 unspecified atom stereocenters. The number of nitrogens with zero attached hydrogens (tertiary/aromatic N) is 3. The van der Waals surface area contributed by atoms with Gasteiger partial charge in [0.15, 0.2) is 5.96 Å². The topological polar surface area (TPSA) is 78.0 Å². The van der Waals surface area contributed by atoms with E-state index in [-0.39, 0.29) is 0 Å². The fourth-order valence-electron chi connectivity index (χ4n) is 2.80. The minimum absolute atomic E-state index is 0.663. The average Bonchev–Trinajstić information content (AvgIpc) is 3.18. The summed E-state index contributed by atoms with van der Waals surface area (Å²) in [6, 6.07) is 8.13. The van der Waals surface area contributed by atoms with Gasteiger partial charge in [-0.2, -0.15) is 0 Å². The van der Waals surface area contributed by atoms with Gasteiger partial charge in [0.25, 0.3) is 0 Å². The molecule has 1 aromatic carbocycles. The van der Waals surface area contributed by atoms with Gasteiger partial charge in [0.05, 0.1) is 28.3 Å². The molecule has 0 bridgehead atoms. The third-order valence-corrected chi connectivity index (χ3v) is 5.10. The average molecular weight is 371 g/mol. The molecule has 0 spiro atoms. The van der Waals surface area contributed by atoms with Gasteiger partial charge < -0.3 is 15.6 Å².